The van der Waals surface area contributed by atoms with Gasteiger partial charge in [0.15, 0.2) is 0 Å². The summed E-state index contributed by atoms with van der Waals surface area (Å²) in [6.07, 6.45) is 0.776. The molecule has 0 aliphatic carbocycles. The molecule has 3 N–H and O–H groups in total. The Labute approximate surface area is 147 Å². The zero-order valence-corrected chi connectivity index (χ0v) is 13.9. The Hall–Kier alpha value is -2.91. The molecule has 0 bridgehead atoms. The van der Waals surface area contributed by atoms with Crippen LogP contribution in [0.15, 0.2) is 78.9 Å². The van der Waals surface area contributed by atoms with Crippen molar-refractivity contribution in [3.05, 3.63) is 84.4 Å². The van der Waals surface area contributed by atoms with Crippen LogP contribution in [0.5, 0.6) is 0 Å². The number of hydrogen-bond acceptors (Lipinski definition) is 2. The summed E-state index contributed by atoms with van der Waals surface area (Å²) in [5.74, 6) is 0. The number of benzene rings is 3. The van der Waals surface area contributed by atoms with Crippen LogP contribution in [0.3, 0.4) is 0 Å². The van der Waals surface area contributed by atoms with Crippen LogP contribution in [0, 0.1) is 0 Å². The highest BCUT2D eigenvalue weighted by Gasteiger charge is 2.16. The van der Waals surface area contributed by atoms with Crippen LogP contribution < -0.4 is 10.3 Å². The van der Waals surface area contributed by atoms with Crippen molar-refractivity contribution in [2.24, 2.45) is 0 Å². The third-order valence-corrected chi connectivity index (χ3v) is 4.56. The number of anilines is 1. The number of aliphatic hydroxyl groups is 1. The molecule has 25 heavy (non-hydrogen) atoms. The molecule has 0 radical (unpaired) electrons. The first-order valence-corrected chi connectivity index (χ1v) is 8.59. The molecule has 3 nitrogen and oxygen atoms in total. The summed E-state index contributed by atoms with van der Waals surface area (Å²) in [5, 5.41) is 15.8. The molecule has 0 saturated carbocycles. The van der Waals surface area contributed by atoms with E-state index in [0.717, 1.165) is 33.9 Å². The van der Waals surface area contributed by atoms with E-state index in [1.165, 1.54) is 5.56 Å². The Kier molecular flexibility index (Phi) is 4.32. The average molecular weight is 329 g/mol. The largest absolute Gasteiger partial charge is 0.394 e. The Bertz CT molecular complexity index is 944. The normalized spacial score (nSPS) is 12.4. The molecule has 4 rings (SSSR count). The molecule has 3 aromatic carbocycles. The number of H-pyrrole nitrogens is 1. The van der Waals surface area contributed by atoms with Gasteiger partial charge in [0.1, 0.15) is 0 Å². The lowest BCUT2D eigenvalue weighted by molar-refractivity contribution is -0.310. The van der Waals surface area contributed by atoms with E-state index < -0.39 is 0 Å². The summed E-state index contributed by atoms with van der Waals surface area (Å²) in [6, 6.07) is 26.8. The summed E-state index contributed by atoms with van der Waals surface area (Å²) in [7, 11) is 0. The molecular formula is C22H21N2O+. The second kappa shape index (κ2) is 6.91. The van der Waals surface area contributed by atoms with Gasteiger partial charge in [0.25, 0.3) is 0 Å². The van der Waals surface area contributed by atoms with Crippen molar-refractivity contribution in [2.45, 2.75) is 12.5 Å². The fraction of sp³-hybridized carbons (Fsp3) is 0.136. The van der Waals surface area contributed by atoms with Crippen LogP contribution in [0.4, 0.5) is 5.69 Å². The Morgan fingerprint density at radius 2 is 1.32 bits per heavy atom. The predicted octanol–water partition coefficient (Wildman–Crippen LogP) is 3.82. The van der Waals surface area contributed by atoms with Crippen molar-refractivity contribution in [2.75, 3.05) is 11.9 Å². The van der Waals surface area contributed by atoms with Gasteiger partial charge < -0.3 is 10.4 Å². The smallest absolute Gasteiger partial charge is 0.213 e. The van der Waals surface area contributed by atoms with E-state index in [1.54, 1.807) is 0 Å². The van der Waals surface area contributed by atoms with E-state index in [0.29, 0.717) is 0 Å². The highest BCUT2D eigenvalue weighted by atomic mass is 16.3. The summed E-state index contributed by atoms with van der Waals surface area (Å²) in [4.78, 5) is 3.49. The van der Waals surface area contributed by atoms with Gasteiger partial charge in [0.2, 0.25) is 11.0 Å². The van der Waals surface area contributed by atoms with Crippen molar-refractivity contribution in [1.29, 1.82) is 0 Å². The minimum atomic E-state index is -0.0448. The van der Waals surface area contributed by atoms with Gasteiger partial charge in [-0.05, 0) is 24.1 Å². The van der Waals surface area contributed by atoms with Gasteiger partial charge in [0, 0.05) is 12.1 Å². The van der Waals surface area contributed by atoms with E-state index in [2.05, 4.69) is 46.7 Å². The number of pyridine rings is 1. The summed E-state index contributed by atoms with van der Waals surface area (Å²) in [5.41, 5.74) is 4.45. The van der Waals surface area contributed by atoms with Crippen LogP contribution in [0.1, 0.15) is 5.56 Å². The summed E-state index contributed by atoms with van der Waals surface area (Å²) >= 11 is 0. The van der Waals surface area contributed by atoms with Crippen molar-refractivity contribution in [3.63, 3.8) is 0 Å². The number of para-hydroxylation sites is 2. The lowest BCUT2D eigenvalue weighted by Crippen LogP contribution is -2.27. The highest BCUT2D eigenvalue weighted by molar-refractivity contribution is 6.04. The first kappa shape index (κ1) is 15.6. The van der Waals surface area contributed by atoms with Crippen molar-refractivity contribution >= 4 is 27.5 Å². The third-order valence-electron chi connectivity index (χ3n) is 4.56. The maximum Gasteiger partial charge on any atom is 0.213 e. The number of aliphatic hydroxyl groups excluding tert-OH is 1. The molecule has 1 aromatic heterocycles. The van der Waals surface area contributed by atoms with Crippen molar-refractivity contribution in [1.82, 2.24) is 0 Å². The molecule has 0 aliphatic heterocycles. The summed E-state index contributed by atoms with van der Waals surface area (Å²) in [6.45, 7) is 0.0795. The van der Waals surface area contributed by atoms with Crippen molar-refractivity contribution < 1.29 is 10.1 Å². The SMILES string of the molecule is OC[C@@H](Cc1ccccc1)Nc1c2ccccc2[nH+]c2ccccc12. The lowest BCUT2D eigenvalue weighted by Gasteiger charge is -2.19. The zero-order valence-electron chi connectivity index (χ0n) is 13.9. The number of hydrogen-bond donors (Lipinski definition) is 2. The second-order valence-electron chi connectivity index (χ2n) is 6.30. The van der Waals surface area contributed by atoms with E-state index in [-0.39, 0.29) is 12.6 Å². The minimum Gasteiger partial charge on any atom is -0.394 e. The molecule has 0 amide bonds. The molecule has 0 spiro atoms. The van der Waals surface area contributed by atoms with Gasteiger partial charge in [-0.2, -0.15) is 0 Å². The van der Waals surface area contributed by atoms with Gasteiger partial charge >= 0.3 is 0 Å². The molecule has 0 saturated heterocycles. The number of nitrogens with one attached hydrogen (secondary N) is 2. The molecule has 1 heterocycles. The molecule has 0 fully saturated rings. The average Bonchev–Trinajstić information content (AvgIpc) is 2.68. The predicted molar refractivity (Wildman–Crippen MR) is 103 cm³/mol. The molecule has 0 aliphatic rings. The summed E-state index contributed by atoms with van der Waals surface area (Å²) < 4.78 is 0. The van der Waals surface area contributed by atoms with Crippen molar-refractivity contribution in [3.8, 4) is 0 Å². The first-order chi connectivity index (χ1) is 12.3. The maximum atomic E-state index is 9.92. The van der Waals surface area contributed by atoms with E-state index in [1.807, 2.05) is 42.5 Å². The minimum absolute atomic E-state index is 0.0448. The molecule has 1 atom stereocenters. The Morgan fingerprint density at radius 3 is 1.92 bits per heavy atom. The molecule has 0 unspecified atom stereocenters. The number of aromatic nitrogens is 1. The number of fused-ring (bicyclic) bond motifs is 2. The molecule has 3 heteroatoms. The standard InChI is InChI=1S/C22H20N2O/c25-15-17(14-16-8-2-1-3-9-16)23-22-18-10-4-6-12-20(18)24-21-13-7-5-11-19(21)22/h1-13,17,25H,14-15H2,(H,23,24)/p+1/t17-/m1/s1. The Morgan fingerprint density at radius 1 is 0.760 bits per heavy atom. The second-order valence-corrected chi connectivity index (χ2v) is 6.30. The van der Waals surface area contributed by atoms with E-state index in [9.17, 15) is 5.11 Å². The molecule has 124 valence electrons. The van der Waals surface area contributed by atoms with Gasteiger partial charge in [-0.15, -0.1) is 0 Å². The van der Waals surface area contributed by atoms with Gasteiger partial charge in [-0.25, -0.2) is 4.98 Å². The topological polar surface area (TPSA) is 46.4 Å². The lowest BCUT2D eigenvalue weighted by atomic mass is 10.0. The first-order valence-electron chi connectivity index (χ1n) is 8.59. The van der Waals surface area contributed by atoms with Gasteiger partial charge in [0.05, 0.1) is 29.1 Å². The molecule has 4 aromatic rings. The number of rotatable bonds is 5. The maximum absolute atomic E-state index is 9.92. The molecular weight excluding hydrogens is 308 g/mol. The number of aromatic amines is 1. The highest BCUT2D eigenvalue weighted by Crippen LogP contribution is 2.29. The Balaban J connectivity index is 1.78. The fourth-order valence-corrected chi connectivity index (χ4v) is 3.33. The van der Waals surface area contributed by atoms with Crippen LogP contribution in [-0.4, -0.2) is 17.8 Å². The van der Waals surface area contributed by atoms with Crippen LogP contribution in [-0.2, 0) is 6.42 Å². The fourth-order valence-electron chi connectivity index (χ4n) is 3.33. The monoisotopic (exact) mass is 329 g/mol. The zero-order chi connectivity index (χ0) is 17.1. The van der Waals surface area contributed by atoms with E-state index in [4.69, 9.17) is 0 Å². The van der Waals surface area contributed by atoms with E-state index >= 15 is 0 Å². The van der Waals surface area contributed by atoms with Crippen LogP contribution >= 0.6 is 0 Å². The third kappa shape index (κ3) is 3.19. The quantitative estimate of drug-likeness (QED) is 0.547. The van der Waals surface area contributed by atoms with Gasteiger partial charge in [-0.3, -0.25) is 0 Å². The van der Waals surface area contributed by atoms with Gasteiger partial charge in [-0.1, -0.05) is 54.6 Å². The van der Waals surface area contributed by atoms with Crippen LogP contribution in [0.2, 0.25) is 0 Å². The van der Waals surface area contributed by atoms with Crippen LogP contribution in [0.25, 0.3) is 21.8 Å².